The second kappa shape index (κ2) is 4.93. The molecule has 3 heteroatoms. The van der Waals surface area contributed by atoms with Gasteiger partial charge < -0.3 is 9.88 Å². The number of piperidine rings is 1. The van der Waals surface area contributed by atoms with Gasteiger partial charge in [0.05, 0.1) is 6.33 Å². The highest BCUT2D eigenvalue weighted by Gasteiger charge is 2.39. The van der Waals surface area contributed by atoms with E-state index in [0.29, 0.717) is 5.92 Å². The molecule has 0 amide bonds. The van der Waals surface area contributed by atoms with E-state index in [2.05, 4.69) is 27.4 Å². The Hall–Kier alpha value is -0.830. The smallest absolute Gasteiger partial charge is 0.0948 e. The topological polar surface area (TPSA) is 29.9 Å². The zero-order valence-corrected chi connectivity index (χ0v) is 11.7. The van der Waals surface area contributed by atoms with Crippen molar-refractivity contribution in [3.05, 3.63) is 18.2 Å². The van der Waals surface area contributed by atoms with Crippen molar-refractivity contribution in [2.45, 2.75) is 51.0 Å². The van der Waals surface area contributed by atoms with E-state index in [1.165, 1.54) is 57.3 Å². The van der Waals surface area contributed by atoms with Gasteiger partial charge in [-0.25, -0.2) is 4.98 Å². The fourth-order valence-corrected chi connectivity index (χ4v) is 4.78. The molecule has 3 nitrogen and oxygen atoms in total. The van der Waals surface area contributed by atoms with Crippen molar-refractivity contribution in [3.63, 3.8) is 0 Å². The van der Waals surface area contributed by atoms with E-state index in [9.17, 15) is 0 Å². The van der Waals surface area contributed by atoms with E-state index >= 15 is 0 Å². The molecular formula is C16H25N3. The first-order chi connectivity index (χ1) is 9.40. The van der Waals surface area contributed by atoms with Gasteiger partial charge in [0.2, 0.25) is 0 Å². The molecule has 0 aromatic carbocycles. The number of hydrogen-bond donors (Lipinski definition) is 1. The van der Waals surface area contributed by atoms with Crippen molar-refractivity contribution >= 4 is 0 Å². The first-order valence-electron chi connectivity index (χ1n) is 8.11. The van der Waals surface area contributed by atoms with Crippen LogP contribution in [0.25, 0.3) is 0 Å². The summed E-state index contributed by atoms with van der Waals surface area (Å²) in [6, 6.07) is 0. The highest BCUT2D eigenvalue weighted by atomic mass is 15.1. The number of rotatable bonds is 3. The van der Waals surface area contributed by atoms with Gasteiger partial charge in [-0.1, -0.05) is 6.42 Å². The van der Waals surface area contributed by atoms with Crippen LogP contribution in [0, 0.1) is 17.8 Å². The van der Waals surface area contributed by atoms with Crippen LogP contribution in [0.3, 0.4) is 0 Å². The molecule has 0 spiro atoms. The molecule has 2 aliphatic carbocycles. The summed E-state index contributed by atoms with van der Waals surface area (Å²) >= 11 is 0. The summed E-state index contributed by atoms with van der Waals surface area (Å²) in [4.78, 5) is 4.44. The Labute approximate surface area is 115 Å². The van der Waals surface area contributed by atoms with Gasteiger partial charge in [-0.15, -0.1) is 0 Å². The fraction of sp³-hybridized carbons (Fsp3) is 0.812. The van der Waals surface area contributed by atoms with E-state index in [1.807, 2.05) is 0 Å². The molecule has 4 rings (SSSR count). The van der Waals surface area contributed by atoms with E-state index in [-0.39, 0.29) is 0 Å². The van der Waals surface area contributed by atoms with E-state index in [0.717, 1.165) is 24.3 Å². The minimum atomic E-state index is 0.690. The molecule has 1 saturated heterocycles. The Morgan fingerprint density at radius 1 is 1.26 bits per heavy atom. The predicted molar refractivity (Wildman–Crippen MR) is 76.0 cm³/mol. The van der Waals surface area contributed by atoms with Crippen molar-refractivity contribution in [3.8, 4) is 0 Å². The first-order valence-corrected chi connectivity index (χ1v) is 8.11. The van der Waals surface area contributed by atoms with Crippen molar-refractivity contribution < 1.29 is 0 Å². The summed E-state index contributed by atoms with van der Waals surface area (Å²) in [5.41, 5.74) is 1.48. The average Bonchev–Trinajstić information content (AvgIpc) is 3.16. The van der Waals surface area contributed by atoms with Gasteiger partial charge in [0.15, 0.2) is 0 Å². The van der Waals surface area contributed by atoms with Gasteiger partial charge in [0.1, 0.15) is 0 Å². The number of fused-ring (bicyclic) bond motifs is 2. The minimum Gasteiger partial charge on any atom is -0.334 e. The van der Waals surface area contributed by atoms with Gasteiger partial charge in [0.25, 0.3) is 0 Å². The van der Waals surface area contributed by atoms with Gasteiger partial charge in [-0.3, -0.25) is 0 Å². The lowest BCUT2D eigenvalue weighted by Crippen LogP contribution is -2.30. The van der Waals surface area contributed by atoms with Crippen LogP contribution in [0.5, 0.6) is 0 Å². The Bertz CT molecular complexity index is 433. The molecule has 2 bridgehead atoms. The van der Waals surface area contributed by atoms with Crippen LogP contribution in [0.2, 0.25) is 0 Å². The second-order valence-electron chi connectivity index (χ2n) is 6.95. The maximum atomic E-state index is 4.44. The highest BCUT2D eigenvalue weighted by molar-refractivity contribution is 5.09. The monoisotopic (exact) mass is 259 g/mol. The number of hydrogen-bond acceptors (Lipinski definition) is 2. The lowest BCUT2D eigenvalue weighted by molar-refractivity contribution is 0.289. The second-order valence-corrected chi connectivity index (χ2v) is 6.95. The number of aromatic nitrogens is 2. The van der Waals surface area contributed by atoms with Crippen molar-refractivity contribution in [1.82, 2.24) is 14.9 Å². The Morgan fingerprint density at radius 3 is 3.00 bits per heavy atom. The maximum absolute atomic E-state index is 4.44. The van der Waals surface area contributed by atoms with Crippen molar-refractivity contribution in [1.29, 1.82) is 0 Å². The zero-order valence-electron chi connectivity index (χ0n) is 11.7. The summed E-state index contributed by atoms with van der Waals surface area (Å²) in [5.74, 6) is 3.70. The summed E-state index contributed by atoms with van der Waals surface area (Å²) < 4.78 is 2.48. The summed E-state index contributed by atoms with van der Waals surface area (Å²) in [5, 5.41) is 3.53. The van der Waals surface area contributed by atoms with Crippen molar-refractivity contribution in [2.24, 2.45) is 17.8 Å². The Kier molecular flexibility index (Phi) is 3.10. The number of nitrogens with zero attached hydrogens (tertiary/aromatic N) is 2. The third-order valence-electron chi connectivity index (χ3n) is 5.78. The summed E-state index contributed by atoms with van der Waals surface area (Å²) in [6.45, 7) is 3.56. The van der Waals surface area contributed by atoms with Crippen molar-refractivity contribution in [2.75, 3.05) is 13.1 Å². The highest BCUT2D eigenvalue weighted by Crippen LogP contribution is 2.49. The normalized spacial score (nSPS) is 37.9. The van der Waals surface area contributed by atoms with Gasteiger partial charge in [-0.05, 0) is 56.4 Å². The molecule has 104 valence electrons. The fourth-order valence-electron chi connectivity index (χ4n) is 4.78. The number of imidazole rings is 1. The molecule has 19 heavy (non-hydrogen) atoms. The molecule has 0 radical (unpaired) electrons. The standard InChI is InChI=1S/C16H25N3/c1-2-14(8-17-5-1)16-9-18-11-19(16)10-15-7-12-3-4-13(15)6-12/h9,11-15,17H,1-8,10H2. The maximum Gasteiger partial charge on any atom is 0.0948 e. The van der Waals surface area contributed by atoms with Crippen LogP contribution in [0.1, 0.15) is 50.1 Å². The molecule has 4 unspecified atom stereocenters. The lowest BCUT2D eigenvalue weighted by atomic mass is 9.88. The van der Waals surface area contributed by atoms with Gasteiger partial charge >= 0.3 is 0 Å². The third kappa shape index (κ3) is 2.22. The Balaban J connectivity index is 1.47. The van der Waals surface area contributed by atoms with Crippen LogP contribution in [0.4, 0.5) is 0 Å². The lowest BCUT2D eigenvalue weighted by Gasteiger charge is -2.27. The minimum absolute atomic E-state index is 0.690. The van der Waals surface area contributed by atoms with E-state index in [1.54, 1.807) is 0 Å². The van der Waals surface area contributed by atoms with Gasteiger partial charge in [0, 0.05) is 30.9 Å². The molecule has 4 atom stereocenters. The molecule has 3 fully saturated rings. The molecule has 1 aromatic rings. The predicted octanol–water partition coefficient (Wildman–Crippen LogP) is 2.79. The number of nitrogens with one attached hydrogen (secondary N) is 1. The van der Waals surface area contributed by atoms with E-state index in [4.69, 9.17) is 0 Å². The van der Waals surface area contributed by atoms with Gasteiger partial charge in [-0.2, -0.15) is 0 Å². The van der Waals surface area contributed by atoms with Crippen LogP contribution in [-0.2, 0) is 6.54 Å². The third-order valence-corrected chi connectivity index (χ3v) is 5.78. The quantitative estimate of drug-likeness (QED) is 0.904. The first kappa shape index (κ1) is 12.0. The molecular weight excluding hydrogens is 234 g/mol. The van der Waals surface area contributed by atoms with E-state index < -0.39 is 0 Å². The van der Waals surface area contributed by atoms with Crippen LogP contribution >= 0.6 is 0 Å². The average molecular weight is 259 g/mol. The molecule has 2 heterocycles. The van der Waals surface area contributed by atoms with Crippen LogP contribution in [0.15, 0.2) is 12.5 Å². The molecule has 1 N–H and O–H groups in total. The summed E-state index contributed by atoms with van der Waals surface area (Å²) in [7, 11) is 0. The molecule has 3 aliphatic rings. The van der Waals surface area contributed by atoms with Crippen LogP contribution < -0.4 is 5.32 Å². The summed E-state index contributed by atoms with van der Waals surface area (Å²) in [6.07, 6.45) is 12.8. The molecule has 1 aromatic heterocycles. The Morgan fingerprint density at radius 2 is 2.26 bits per heavy atom. The SMILES string of the molecule is c1ncn(CC2CC3CCC2C3)c1C1CCCNC1. The molecule has 1 aliphatic heterocycles. The van der Waals surface area contributed by atoms with Crippen LogP contribution in [-0.4, -0.2) is 22.6 Å². The zero-order chi connectivity index (χ0) is 12.7. The largest absolute Gasteiger partial charge is 0.334 e. The molecule has 2 saturated carbocycles.